The summed E-state index contributed by atoms with van der Waals surface area (Å²) in [5.41, 5.74) is 2.47. The average molecular weight is 366 g/mol. The molecule has 0 aromatic carbocycles. The summed E-state index contributed by atoms with van der Waals surface area (Å²) in [5, 5.41) is 2.03. The largest absolute Gasteiger partial charge is 0.341 e. The van der Waals surface area contributed by atoms with E-state index in [-0.39, 0.29) is 5.91 Å². The molecule has 1 amide bonds. The molecule has 0 radical (unpaired) electrons. The first-order chi connectivity index (χ1) is 12.8. The highest BCUT2D eigenvalue weighted by Crippen LogP contribution is 2.42. The summed E-state index contributed by atoms with van der Waals surface area (Å²) in [5.74, 6) is 1.85. The smallest absolute Gasteiger partial charge is 0.246 e. The van der Waals surface area contributed by atoms with Crippen molar-refractivity contribution in [2.24, 2.45) is 5.92 Å². The molecule has 2 aromatic heterocycles. The second-order valence-corrected chi connectivity index (χ2v) is 8.42. The summed E-state index contributed by atoms with van der Waals surface area (Å²) in [7, 11) is 0. The summed E-state index contributed by atoms with van der Waals surface area (Å²) < 4.78 is 0. The molecule has 0 spiro atoms. The Kier molecular flexibility index (Phi) is 4.00. The van der Waals surface area contributed by atoms with E-state index in [1.54, 1.807) is 17.4 Å². The summed E-state index contributed by atoms with van der Waals surface area (Å²) in [6.45, 7) is 3.73. The van der Waals surface area contributed by atoms with E-state index in [0.29, 0.717) is 11.8 Å². The first kappa shape index (κ1) is 16.0. The summed E-state index contributed by atoms with van der Waals surface area (Å²) in [6, 6.07) is 4.03. The van der Waals surface area contributed by atoms with Crippen LogP contribution in [-0.2, 0) is 11.2 Å². The molecule has 3 aliphatic rings. The molecular formula is C20H22N4OS. The number of carbonyl (C=O) groups is 1. The second-order valence-electron chi connectivity index (χ2n) is 7.44. The number of thiophene rings is 1. The molecule has 2 aromatic rings. The van der Waals surface area contributed by atoms with Crippen LogP contribution in [0.1, 0.15) is 34.9 Å². The molecule has 26 heavy (non-hydrogen) atoms. The number of hydrogen-bond donors (Lipinski definition) is 0. The first-order valence-electron chi connectivity index (χ1n) is 9.39. The number of likely N-dealkylation sites (tertiary alicyclic amines) is 1. The van der Waals surface area contributed by atoms with Gasteiger partial charge in [-0.3, -0.25) is 4.79 Å². The Morgan fingerprint density at radius 3 is 2.96 bits per heavy atom. The number of amides is 1. The van der Waals surface area contributed by atoms with Crippen molar-refractivity contribution in [3.63, 3.8) is 0 Å². The van der Waals surface area contributed by atoms with Crippen LogP contribution < -0.4 is 4.90 Å². The summed E-state index contributed by atoms with van der Waals surface area (Å²) in [6.07, 6.45) is 9.11. The predicted octanol–water partition coefficient (Wildman–Crippen LogP) is 2.95. The minimum absolute atomic E-state index is 0.114. The standard InChI is InChI=1S/C20H22N4OS/c25-18(6-5-16-4-3-9-26-16)24-12-15-10-14-11-21-20(23-7-1-2-8-23)22-19(14)17(15)13-24/h3-6,9,11,15,17H,1-2,7-8,10,12-13H2/b6-5+. The molecule has 5 nitrogen and oxygen atoms in total. The third-order valence-electron chi connectivity index (χ3n) is 5.79. The van der Waals surface area contributed by atoms with Crippen LogP contribution in [0.2, 0.25) is 0 Å². The van der Waals surface area contributed by atoms with Gasteiger partial charge in [0.25, 0.3) is 0 Å². The maximum Gasteiger partial charge on any atom is 0.246 e. The molecule has 5 rings (SSSR count). The van der Waals surface area contributed by atoms with E-state index in [0.717, 1.165) is 43.4 Å². The molecule has 1 aliphatic carbocycles. The van der Waals surface area contributed by atoms with Crippen LogP contribution in [0.15, 0.2) is 29.8 Å². The SMILES string of the molecule is O=C(/C=C/c1cccs1)N1CC2Cc3cnc(N4CCCC4)nc3C2C1. The monoisotopic (exact) mass is 366 g/mol. The minimum Gasteiger partial charge on any atom is -0.341 e. The number of carbonyl (C=O) groups excluding carboxylic acids is 1. The quantitative estimate of drug-likeness (QED) is 0.784. The zero-order valence-corrected chi connectivity index (χ0v) is 15.5. The van der Waals surface area contributed by atoms with E-state index in [1.807, 2.05) is 34.7 Å². The third kappa shape index (κ3) is 2.82. The van der Waals surface area contributed by atoms with Gasteiger partial charge in [-0.15, -0.1) is 11.3 Å². The van der Waals surface area contributed by atoms with E-state index in [9.17, 15) is 4.79 Å². The van der Waals surface area contributed by atoms with Crippen LogP contribution in [0.4, 0.5) is 5.95 Å². The molecule has 2 atom stereocenters. The molecule has 2 unspecified atom stereocenters. The number of nitrogens with zero attached hydrogens (tertiary/aromatic N) is 4. The van der Waals surface area contributed by atoms with Gasteiger partial charge in [-0.1, -0.05) is 6.07 Å². The van der Waals surface area contributed by atoms with Gasteiger partial charge < -0.3 is 9.80 Å². The number of fused-ring (bicyclic) bond motifs is 3. The lowest BCUT2D eigenvalue weighted by Gasteiger charge is -2.18. The Hall–Kier alpha value is -2.21. The van der Waals surface area contributed by atoms with E-state index in [2.05, 4.69) is 9.88 Å². The van der Waals surface area contributed by atoms with Crippen LogP contribution in [-0.4, -0.2) is 47.0 Å². The first-order valence-corrected chi connectivity index (χ1v) is 10.3. The molecule has 0 saturated carbocycles. The van der Waals surface area contributed by atoms with Gasteiger partial charge in [0.1, 0.15) is 0 Å². The van der Waals surface area contributed by atoms with Crippen molar-refractivity contribution in [1.29, 1.82) is 0 Å². The Morgan fingerprint density at radius 2 is 2.15 bits per heavy atom. The fourth-order valence-corrected chi connectivity index (χ4v) is 5.07. The van der Waals surface area contributed by atoms with Crippen molar-refractivity contribution >= 4 is 29.3 Å². The number of hydrogen-bond acceptors (Lipinski definition) is 5. The molecule has 6 heteroatoms. The Bertz CT molecular complexity index is 842. The maximum absolute atomic E-state index is 12.6. The van der Waals surface area contributed by atoms with E-state index in [4.69, 9.17) is 4.98 Å². The fraction of sp³-hybridized carbons (Fsp3) is 0.450. The Balaban J connectivity index is 1.31. The minimum atomic E-state index is 0.114. The topological polar surface area (TPSA) is 49.3 Å². The molecule has 134 valence electrons. The lowest BCUT2D eigenvalue weighted by Crippen LogP contribution is -2.28. The molecular weight excluding hydrogens is 344 g/mol. The second kappa shape index (κ2) is 6.50. The highest BCUT2D eigenvalue weighted by Gasteiger charge is 2.42. The summed E-state index contributed by atoms with van der Waals surface area (Å²) >= 11 is 1.65. The van der Waals surface area contributed by atoms with Crippen LogP contribution in [0, 0.1) is 5.92 Å². The van der Waals surface area contributed by atoms with Gasteiger partial charge in [-0.25, -0.2) is 9.97 Å². The van der Waals surface area contributed by atoms with Gasteiger partial charge in [-0.2, -0.15) is 0 Å². The molecule has 0 N–H and O–H groups in total. The molecule has 2 fully saturated rings. The molecule has 2 saturated heterocycles. The van der Waals surface area contributed by atoms with Crippen LogP contribution >= 0.6 is 11.3 Å². The van der Waals surface area contributed by atoms with Crippen molar-refractivity contribution in [2.45, 2.75) is 25.2 Å². The van der Waals surface area contributed by atoms with Gasteiger partial charge in [0, 0.05) is 49.2 Å². The van der Waals surface area contributed by atoms with Gasteiger partial charge in [-0.05, 0) is 48.3 Å². The highest BCUT2D eigenvalue weighted by atomic mass is 32.1. The molecule has 2 aliphatic heterocycles. The average Bonchev–Trinajstić information content (AvgIpc) is 3.43. The van der Waals surface area contributed by atoms with Crippen LogP contribution in [0.5, 0.6) is 0 Å². The van der Waals surface area contributed by atoms with Gasteiger partial charge in [0.05, 0.1) is 5.69 Å². The Morgan fingerprint density at radius 1 is 1.27 bits per heavy atom. The molecule has 4 heterocycles. The lowest BCUT2D eigenvalue weighted by molar-refractivity contribution is -0.125. The predicted molar refractivity (Wildman–Crippen MR) is 103 cm³/mol. The van der Waals surface area contributed by atoms with Gasteiger partial charge >= 0.3 is 0 Å². The van der Waals surface area contributed by atoms with E-state index >= 15 is 0 Å². The van der Waals surface area contributed by atoms with Crippen molar-refractivity contribution in [1.82, 2.24) is 14.9 Å². The number of anilines is 1. The molecule has 0 bridgehead atoms. The summed E-state index contributed by atoms with van der Waals surface area (Å²) in [4.78, 5) is 27.5. The van der Waals surface area contributed by atoms with Crippen LogP contribution in [0.3, 0.4) is 0 Å². The normalized spacial score (nSPS) is 24.5. The number of rotatable bonds is 3. The van der Waals surface area contributed by atoms with Crippen molar-refractivity contribution in [3.8, 4) is 0 Å². The van der Waals surface area contributed by atoms with Crippen molar-refractivity contribution in [2.75, 3.05) is 31.1 Å². The zero-order chi connectivity index (χ0) is 17.5. The van der Waals surface area contributed by atoms with Gasteiger partial charge in [0.15, 0.2) is 0 Å². The number of aromatic nitrogens is 2. The maximum atomic E-state index is 12.6. The van der Waals surface area contributed by atoms with E-state index in [1.165, 1.54) is 24.1 Å². The van der Waals surface area contributed by atoms with Crippen molar-refractivity contribution in [3.05, 3.63) is 45.9 Å². The zero-order valence-electron chi connectivity index (χ0n) is 14.7. The van der Waals surface area contributed by atoms with E-state index < -0.39 is 0 Å². The van der Waals surface area contributed by atoms with Crippen LogP contribution in [0.25, 0.3) is 6.08 Å². The third-order valence-corrected chi connectivity index (χ3v) is 6.63. The lowest BCUT2D eigenvalue weighted by atomic mass is 9.99. The Labute approximate surface area is 157 Å². The highest BCUT2D eigenvalue weighted by molar-refractivity contribution is 7.10. The fourth-order valence-electron chi connectivity index (χ4n) is 4.45. The van der Waals surface area contributed by atoms with Gasteiger partial charge in [0.2, 0.25) is 11.9 Å². The van der Waals surface area contributed by atoms with Crippen molar-refractivity contribution < 1.29 is 4.79 Å².